The van der Waals surface area contributed by atoms with Crippen molar-refractivity contribution in [3.05, 3.63) is 148 Å². The minimum absolute atomic E-state index is 0.0489. The molecule has 6 rings (SSSR count). The lowest BCUT2D eigenvalue weighted by atomic mass is 9.90. The van der Waals surface area contributed by atoms with Crippen molar-refractivity contribution in [3.8, 4) is 16.9 Å². The Morgan fingerprint density at radius 2 is 1.28 bits per heavy atom. The molecular formula is C75H103FN18O15. The number of H-pyrrole nitrogens is 2. The molecule has 0 saturated carbocycles. The highest BCUT2D eigenvalue weighted by molar-refractivity contribution is 6.06. The number of benzene rings is 4. The van der Waals surface area contributed by atoms with Gasteiger partial charge < -0.3 is 89.7 Å². The van der Waals surface area contributed by atoms with Gasteiger partial charge in [-0.05, 0) is 152 Å². The van der Waals surface area contributed by atoms with Crippen LogP contribution >= 0.6 is 0 Å². The van der Waals surface area contributed by atoms with Gasteiger partial charge in [0.2, 0.25) is 65.0 Å². The van der Waals surface area contributed by atoms with E-state index in [1.165, 1.54) is 45.3 Å². The highest BCUT2D eigenvalue weighted by atomic mass is 19.1. The topological polar surface area (TPSA) is 513 Å². The van der Waals surface area contributed by atoms with E-state index in [0.29, 0.717) is 44.4 Å². The number of hydrogen-bond donors (Lipinski definition) is 17. The van der Waals surface area contributed by atoms with E-state index in [9.17, 15) is 68.1 Å². The van der Waals surface area contributed by atoms with Crippen molar-refractivity contribution in [3.63, 3.8) is 0 Å². The Morgan fingerprint density at radius 1 is 0.642 bits per heavy atom. The molecule has 0 aliphatic rings. The summed E-state index contributed by atoms with van der Waals surface area (Å²) in [7, 11) is 0. The number of ether oxygens (including phenoxy) is 1. The number of halogens is 1. The molecule has 0 radical (unpaired) electrons. The highest BCUT2D eigenvalue weighted by Crippen LogP contribution is 2.29. The van der Waals surface area contributed by atoms with Crippen molar-refractivity contribution in [1.29, 1.82) is 0 Å². The van der Waals surface area contributed by atoms with Crippen molar-refractivity contribution in [2.24, 2.45) is 16.9 Å². The molecule has 4 aromatic carbocycles. The van der Waals surface area contributed by atoms with Crippen LogP contribution in [0.1, 0.15) is 125 Å². The van der Waals surface area contributed by atoms with Crippen molar-refractivity contribution < 1.29 is 77.2 Å². The number of aliphatic hydroxyl groups excluding tert-OH is 3. The van der Waals surface area contributed by atoms with Crippen molar-refractivity contribution in [2.75, 3.05) is 32.8 Å². The summed E-state index contributed by atoms with van der Waals surface area (Å²) in [5, 5.41) is 70.6. The Hall–Kier alpha value is -11.1. The molecule has 2 heterocycles. The fourth-order valence-electron chi connectivity index (χ4n) is 11.8. The number of nitrogens with one attached hydrogen (secondary N) is 12. The molecule has 0 fully saturated rings. The summed E-state index contributed by atoms with van der Waals surface area (Å²) in [5.74, 6) is -11.3. The Labute approximate surface area is 631 Å². The minimum Gasteiger partial charge on any atom is -0.494 e. The van der Waals surface area contributed by atoms with Crippen molar-refractivity contribution in [2.45, 2.75) is 193 Å². The van der Waals surface area contributed by atoms with Crippen LogP contribution in [0, 0.1) is 25.1 Å². The van der Waals surface area contributed by atoms with Gasteiger partial charge in [-0.25, -0.2) is 9.37 Å². The number of nitrogens with two attached hydrogens (primary N) is 2. The second kappa shape index (κ2) is 41.9. The smallest absolute Gasteiger partial charge is 0.246 e. The van der Waals surface area contributed by atoms with E-state index < -0.39 is 162 Å². The first-order valence-electron chi connectivity index (χ1n) is 36.1. The highest BCUT2D eigenvalue weighted by Gasteiger charge is 2.43. The molecule has 0 unspecified atom stereocenters. The average molecular weight is 1520 g/mol. The fourth-order valence-corrected chi connectivity index (χ4v) is 11.8. The average Bonchev–Trinajstić information content (AvgIpc) is 1.82. The third-order valence-electron chi connectivity index (χ3n) is 18.1. The minimum atomic E-state index is -2.34. The van der Waals surface area contributed by atoms with E-state index in [0.717, 1.165) is 84.5 Å². The normalized spacial score (nSPS) is 14.4. The second-order valence-electron chi connectivity index (χ2n) is 27.6. The van der Waals surface area contributed by atoms with Gasteiger partial charge in [0, 0.05) is 44.1 Å². The number of carbonyl (C=O) groups excluding carboxylic acids is 11. The van der Waals surface area contributed by atoms with Crippen LogP contribution < -0.4 is 69.4 Å². The molecule has 10 atom stereocenters. The molecule has 2 aromatic heterocycles. The van der Waals surface area contributed by atoms with Crippen LogP contribution in [0.4, 0.5) is 4.39 Å². The number of amides is 11. The summed E-state index contributed by atoms with van der Waals surface area (Å²) < 4.78 is 21.5. The molecular weight excluding hydrogens is 1410 g/mol. The van der Waals surface area contributed by atoms with Crippen LogP contribution in [0.15, 0.2) is 97.5 Å². The standard InChI is InChI=1S/C75H103FN18O15/c1-10-48-35-52(109-30-15-14-28-77)25-26-53(48)49-23-21-46(22-24-49)34-57(67(102)84-56(64(78)99)20-16-17-47-32-42(3)31-43(4)33-47)85-66(101)55(11-2)83-68(103)59(40-95)86-69(104)62(44(5)96)89-73(108)75(9,37-50-18-12-13-19-54(50)76)90-70(105)63(45(6)97)88-61(98)39-81-65(100)58(36-60-91-93-94-92-60)87-72(107)74(7,8)71(106)80-29-27-51-38-79-41-82-51/h12-13,18-19,21-26,31-33,35,38,41,44-45,55-59,62-63,95-97H,10-11,14-17,20,27-30,34,36-37,39-40,77H2,1-9H3,(H2,78,99)(H,79,82)(H,80,106)(H,81,100)(H,83,103)(H,84,102)(H,85,101)(H,86,104)(H,87,107)(H,88,98)(H,89,108)(H,90,105)(H,91,92,93,94)/t44-,45-,55+,56+,57+,58+,59+,62+,63+,75+/m1/s1. The predicted molar refractivity (Wildman–Crippen MR) is 398 cm³/mol. The van der Waals surface area contributed by atoms with Crippen LogP contribution in [0.3, 0.4) is 0 Å². The van der Waals surface area contributed by atoms with E-state index in [4.69, 9.17) is 16.2 Å². The Morgan fingerprint density at radius 3 is 1.90 bits per heavy atom. The summed E-state index contributed by atoms with van der Waals surface area (Å²) in [6, 6.07) is 13.0. The molecule has 33 nitrogen and oxygen atoms in total. The summed E-state index contributed by atoms with van der Waals surface area (Å²) in [6.07, 6.45) is 2.05. The fraction of sp³-hybridized carbons (Fsp3) is 0.480. The number of carbonyl (C=O) groups is 11. The Kier molecular flexibility index (Phi) is 33.3. The third kappa shape index (κ3) is 26.4. The van der Waals surface area contributed by atoms with Crippen LogP contribution in [-0.2, 0) is 91.3 Å². The molecule has 0 bridgehead atoms. The molecule has 0 aliphatic heterocycles. The van der Waals surface area contributed by atoms with E-state index in [1.54, 1.807) is 18.3 Å². The lowest BCUT2D eigenvalue weighted by molar-refractivity contribution is -0.143. The number of tetrazole rings is 1. The molecule has 0 spiro atoms. The zero-order valence-electron chi connectivity index (χ0n) is 62.8. The van der Waals surface area contributed by atoms with E-state index in [1.807, 2.05) is 69.3 Å². The molecule has 6 aromatic rings. The first-order chi connectivity index (χ1) is 51.8. The van der Waals surface area contributed by atoms with Crippen molar-refractivity contribution in [1.82, 2.24) is 83.8 Å². The first-order valence-corrected chi connectivity index (χ1v) is 36.1. The second-order valence-corrected chi connectivity index (χ2v) is 27.6. The molecule has 0 aliphatic carbocycles. The van der Waals surface area contributed by atoms with Crippen LogP contribution in [0.5, 0.6) is 5.75 Å². The van der Waals surface area contributed by atoms with Crippen LogP contribution in [0.25, 0.3) is 11.1 Å². The Bertz CT molecular complexity index is 4050. The van der Waals surface area contributed by atoms with Gasteiger partial charge >= 0.3 is 0 Å². The number of aromatic nitrogens is 6. The Balaban J connectivity index is 1.15. The number of imidazole rings is 1. The molecule has 19 N–H and O–H groups in total. The predicted octanol–water partition coefficient (Wildman–Crippen LogP) is -0.504. The summed E-state index contributed by atoms with van der Waals surface area (Å²) >= 11 is 0. The molecule has 590 valence electrons. The number of nitrogens with zero attached hydrogens (tertiary/aromatic N) is 4. The van der Waals surface area contributed by atoms with Gasteiger partial charge in [-0.2, -0.15) is 5.21 Å². The van der Waals surface area contributed by atoms with Gasteiger partial charge in [-0.15, -0.1) is 10.2 Å². The zero-order valence-corrected chi connectivity index (χ0v) is 62.8. The zero-order chi connectivity index (χ0) is 80.1. The summed E-state index contributed by atoms with van der Waals surface area (Å²) in [5.41, 5.74) is 14.6. The number of primary amides is 1. The maximum atomic E-state index is 15.5. The quantitative estimate of drug-likeness (QED) is 0.0169. The molecule has 34 heteroatoms. The largest absolute Gasteiger partial charge is 0.494 e. The number of unbranched alkanes of at least 4 members (excludes halogenated alkanes) is 1. The van der Waals surface area contributed by atoms with Crippen molar-refractivity contribution >= 4 is 65.0 Å². The number of aryl methyl sites for hydroxylation is 4. The maximum absolute atomic E-state index is 15.5. The van der Waals surface area contributed by atoms with E-state index >= 15 is 4.39 Å². The number of aliphatic hydroxyl groups is 3. The van der Waals surface area contributed by atoms with E-state index in [2.05, 4.69) is 83.8 Å². The number of aromatic amines is 2. The summed E-state index contributed by atoms with van der Waals surface area (Å²) in [4.78, 5) is 160. The molecule has 0 saturated heterocycles. The van der Waals surface area contributed by atoms with Crippen LogP contribution in [-0.4, -0.2) is 204 Å². The SMILES string of the molecule is CCc1cc(OCCCCN)ccc1-c1ccc(C[C@H](NC(=O)[C@H](CC)NC(=O)[C@H](CO)NC(=O)[C@@H](NC(=O)[C@](C)(Cc2ccccc2F)NC(=O)[C@@H](NC(=O)CNC(=O)[C@H](Cc2nn[nH]n2)NC(=O)C(C)(C)C(=O)NCCc2cnc[nH]2)[C@@H](C)O)[C@@H](C)O)C(=O)N[C@@H](CCCc2cc(C)cc(C)c2)C(N)=O)cc1. The van der Waals surface area contributed by atoms with Gasteiger partial charge in [0.05, 0.1) is 38.3 Å². The van der Waals surface area contributed by atoms with Gasteiger partial charge in [0.25, 0.3) is 0 Å². The first kappa shape index (κ1) is 86.8. The van der Waals surface area contributed by atoms with E-state index in [-0.39, 0.29) is 37.2 Å². The maximum Gasteiger partial charge on any atom is 0.246 e. The molecule has 11 amide bonds. The number of hydrogen-bond acceptors (Lipinski definition) is 20. The van der Waals surface area contributed by atoms with Gasteiger partial charge in [-0.3, -0.25) is 52.7 Å². The third-order valence-corrected chi connectivity index (χ3v) is 18.1. The monoisotopic (exact) mass is 1510 g/mol. The van der Waals surface area contributed by atoms with Gasteiger partial charge in [0.15, 0.2) is 5.82 Å². The number of rotatable bonds is 44. The lowest BCUT2D eigenvalue weighted by Gasteiger charge is -2.34. The van der Waals surface area contributed by atoms with Crippen LogP contribution in [0.2, 0.25) is 0 Å². The molecule has 109 heavy (non-hydrogen) atoms. The van der Waals surface area contributed by atoms with Gasteiger partial charge in [0.1, 0.15) is 64.8 Å². The summed E-state index contributed by atoms with van der Waals surface area (Å²) in [6.45, 7) is 12.6. The lowest BCUT2D eigenvalue weighted by Crippen LogP contribution is -2.67. The van der Waals surface area contributed by atoms with Gasteiger partial charge in [-0.1, -0.05) is 96.9 Å².